The van der Waals surface area contributed by atoms with Crippen LogP contribution >= 0.6 is 0 Å². The van der Waals surface area contributed by atoms with Gasteiger partial charge in [-0.3, -0.25) is 0 Å². The molecular weight excluding hydrogens is 176 g/mol. The Bertz CT molecular complexity index is 193. The summed E-state index contributed by atoms with van der Waals surface area (Å²) in [6, 6.07) is 10.0. The van der Waals surface area contributed by atoms with Crippen LogP contribution in [0.2, 0.25) is 0 Å². The van der Waals surface area contributed by atoms with Gasteiger partial charge in [-0.2, -0.15) is 0 Å². The molecule has 0 bridgehead atoms. The predicted octanol–water partition coefficient (Wildman–Crippen LogP) is 2.33. The lowest BCUT2D eigenvalue weighted by atomic mass is 10.2. The van der Waals surface area contributed by atoms with E-state index in [1.54, 1.807) is 13.8 Å². The van der Waals surface area contributed by atoms with Gasteiger partial charge in [-0.15, -0.1) is 0 Å². The Labute approximate surface area is 86.5 Å². The van der Waals surface area contributed by atoms with Crippen molar-refractivity contribution in [3.05, 3.63) is 42.5 Å². The van der Waals surface area contributed by atoms with Gasteiger partial charge >= 0.3 is 0 Å². The van der Waals surface area contributed by atoms with E-state index in [1.165, 1.54) is 5.56 Å². The summed E-state index contributed by atoms with van der Waals surface area (Å²) in [5.74, 6) is 0. The highest BCUT2D eigenvalue weighted by atomic mass is 16.3. The van der Waals surface area contributed by atoms with Crippen molar-refractivity contribution in [3.8, 4) is 0 Å². The van der Waals surface area contributed by atoms with E-state index in [0.29, 0.717) is 0 Å². The zero-order valence-corrected chi connectivity index (χ0v) is 8.98. The van der Waals surface area contributed by atoms with Gasteiger partial charge < -0.3 is 10.2 Å². The predicted molar refractivity (Wildman–Crippen MR) is 62.1 cm³/mol. The summed E-state index contributed by atoms with van der Waals surface area (Å²) >= 11 is 0. The maximum absolute atomic E-state index is 7.57. The fraction of sp³-hybridized carbons (Fsp3) is 0.333. The van der Waals surface area contributed by atoms with Crippen LogP contribution in [0.4, 0.5) is 0 Å². The van der Waals surface area contributed by atoms with Crippen LogP contribution in [0.5, 0.6) is 0 Å². The van der Waals surface area contributed by atoms with Crippen molar-refractivity contribution in [2.45, 2.75) is 13.8 Å². The molecule has 0 radical (unpaired) electrons. The Kier molecular flexibility index (Phi) is 15.8. The lowest BCUT2D eigenvalue weighted by molar-refractivity contribution is 0.318. The van der Waals surface area contributed by atoms with Crippen LogP contribution in [-0.2, 0) is 0 Å². The third-order valence-corrected chi connectivity index (χ3v) is 1.04. The van der Waals surface area contributed by atoms with Gasteiger partial charge in [0.1, 0.15) is 0 Å². The average molecular weight is 196 g/mol. The number of hydrogen-bond acceptors (Lipinski definition) is 2. The first-order valence-corrected chi connectivity index (χ1v) is 4.65. The summed E-state index contributed by atoms with van der Waals surface area (Å²) < 4.78 is 0. The highest BCUT2D eigenvalue weighted by Gasteiger charge is 1.75. The molecule has 0 aliphatic heterocycles. The van der Waals surface area contributed by atoms with E-state index < -0.39 is 0 Å². The first kappa shape index (κ1) is 15.4. The molecule has 0 unspecified atom stereocenters. The molecule has 80 valence electrons. The van der Waals surface area contributed by atoms with Gasteiger partial charge in [0.2, 0.25) is 0 Å². The Hall–Kier alpha value is -1.12. The van der Waals surface area contributed by atoms with Gasteiger partial charge in [-0.05, 0) is 19.4 Å². The number of rotatable bonds is 1. The third-order valence-electron chi connectivity index (χ3n) is 1.04. The second kappa shape index (κ2) is 14.4. The molecule has 1 rings (SSSR count). The largest absolute Gasteiger partial charge is 0.397 e. The highest BCUT2D eigenvalue weighted by molar-refractivity contribution is 5.45. The average Bonchev–Trinajstić information content (AvgIpc) is 2.21. The number of benzene rings is 1. The fourth-order valence-electron chi connectivity index (χ4n) is 0.589. The topological polar surface area (TPSA) is 40.5 Å². The minimum Gasteiger partial charge on any atom is -0.397 e. The fourth-order valence-corrected chi connectivity index (χ4v) is 0.589. The third kappa shape index (κ3) is 13.5. The molecule has 1 aromatic rings. The van der Waals surface area contributed by atoms with Crippen molar-refractivity contribution >= 4 is 6.08 Å². The molecule has 0 saturated heterocycles. The summed E-state index contributed by atoms with van der Waals surface area (Å²) in [4.78, 5) is 0. The molecule has 0 aromatic heterocycles. The molecule has 0 amide bonds. The van der Waals surface area contributed by atoms with E-state index in [2.05, 4.69) is 6.58 Å². The molecule has 0 fully saturated rings. The molecule has 1 aromatic carbocycles. The van der Waals surface area contributed by atoms with E-state index >= 15 is 0 Å². The van der Waals surface area contributed by atoms with Crippen molar-refractivity contribution < 1.29 is 10.2 Å². The maximum atomic E-state index is 7.57. The maximum Gasteiger partial charge on any atom is 0.0402 e. The number of aliphatic hydroxyl groups is 2. The molecule has 0 atom stereocenters. The second-order valence-corrected chi connectivity index (χ2v) is 2.25. The lowest BCUT2D eigenvalue weighted by Crippen LogP contribution is -1.63. The number of aliphatic hydroxyl groups excluding tert-OH is 2. The van der Waals surface area contributed by atoms with Gasteiger partial charge in [0.15, 0.2) is 0 Å². The van der Waals surface area contributed by atoms with Gasteiger partial charge in [0.25, 0.3) is 0 Å². The highest BCUT2D eigenvalue weighted by Crippen LogP contribution is 1.97. The van der Waals surface area contributed by atoms with Crippen LogP contribution in [0, 0.1) is 0 Å². The summed E-state index contributed by atoms with van der Waals surface area (Å²) in [5.41, 5.74) is 1.17. The van der Waals surface area contributed by atoms with Crippen molar-refractivity contribution in [3.63, 3.8) is 0 Å². The minimum absolute atomic E-state index is 0.250. The number of hydrogen-bond donors (Lipinski definition) is 2. The molecule has 0 aliphatic rings. The van der Waals surface area contributed by atoms with Crippen molar-refractivity contribution in [1.82, 2.24) is 0 Å². The molecule has 0 spiro atoms. The van der Waals surface area contributed by atoms with E-state index in [4.69, 9.17) is 10.2 Å². The van der Waals surface area contributed by atoms with Gasteiger partial charge in [0.05, 0.1) is 0 Å². The first-order chi connectivity index (χ1) is 6.76. The van der Waals surface area contributed by atoms with Crippen LogP contribution in [0.15, 0.2) is 36.9 Å². The zero-order valence-electron chi connectivity index (χ0n) is 8.98. The van der Waals surface area contributed by atoms with Gasteiger partial charge in [-0.1, -0.05) is 43.0 Å². The van der Waals surface area contributed by atoms with E-state index in [0.717, 1.165) is 0 Å². The van der Waals surface area contributed by atoms with E-state index in [1.807, 2.05) is 36.4 Å². The van der Waals surface area contributed by atoms with Crippen molar-refractivity contribution in [1.29, 1.82) is 0 Å². The molecule has 2 nitrogen and oxygen atoms in total. The van der Waals surface area contributed by atoms with E-state index in [9.17, 15) is 0 Å². The molecule has 0 aliphatic carbocycles. The van der Waals surface area contributed by atoms with Crippen LogP contribution < -0.4 is 0 Å². The summed E-state index contributed by atoms with van der Waals surface area (Å²) in [5, 5.41) is 15.1. The lowest BCUT2D eigenvalue weighted by Gasteiger charge is -1.85. The SMILES string of the molecule is C=Cc1ccccc1.CCO.CCO. The normalized spacial score (nSPS) is 7.43. The Morgan fingerprint density at radius 1 is 1.07 bits per heavy atom. The Morgan fingerprint density at radius 2 is 1.43 bits per heavy atom. The summed E-state index contributed by atoms with van der Waals surface area (Å²) in [6.45, 7) is 7.49. The first-order valence-electron chi connectivity index (χ1n) is 4.65. The van der Waals surface area contributed by atoms with E-state index in [-0.39, 0.29) is 13.2 Å². The van der Waals surface area contributed by atoms with Crippen LogP contribution in [-0.4, -0.2) is 23.4 Å². The summed E-state index contributed by atoms with van der Waals surface area (Å²) in [6.07, 6.45) is 1.83. The minimum atomic E-state index is 0.250. The zero-order chi connectivity index (χ0) is 11.2. The monoisotopic (exact) mass is 196 g/mol. The Morgan fingerprint density at radius 3 is 1.64 bits per heavy atom. The molecule has 2 heteroatoms. The molecule has 0 heterocycles. The quantitative estimate of drug-likeness (QED) is 0.723. The smallest absolute Gasteiger partial charge is 0.0402 e. The Balaban J connectivity index is 0. The van der Waals surface area contributed by atoms with Crippen molar-refractivity contribution in [2.75, 3.05) is 13.2 Å². The standard InChI is InChI=1S/C8H8.2C2H6O/c1-2-8-6-4-3-5-7-8;2*1-2-3/h2-7H,1H2;2*3H,2H2,1H3. The van der Waals surface area contributed by atoms with Crippen LogP contribution in [0.3, 0.4) is 0 Å². The second-order valence-electron chi connectivity index (χ2n) is 2.25. The molecule has 14 heavy (non-hydrogen) atoms. The van der Waals surface area contributed by atoms with Gasteiger partial charge in [-0.25, -0.2) is 0 Å². The van der Waals surface area contributed by atoms with Gasteiger partial charge in [0, 0.05) is 13.2 Å². The molecule has 0 saturated carbocycles. The van der Waals surface area contributed by atoms with Crippen LogP contribution in [0.1, 0.15) is 19.4 Å². The summed E-state index contributed by atoms with van der Waals surface area (Å²) in [7, 11) is 0. The molecular formula is C12H20O2. The molecule has 2 N–H and O–H groups in total. The van der Waals surface area contributed by atoms with Crippen molar-refractivity contribution in [2.24, 2.45) is 0 Å². The van der Waals surface area contributed by atoms with Crippen LogP contribution in [0.25, 0.3) is 6.08 Å².